The molecule has 0 bridgehead atoms. The van der Waals surface area contributed by atoms with Crippen molar-refractivity contribution in [2.75, 3.05) is 19.7 Å². The van der Waals surface area contributed by atoms with E-state index in [4.69, 9.17) is 4.74 Å². The summed E-state index contributed by atoms with van der Waals surface area (Å²) < 4.78 is 4.82. The number of amides is 1. The van der Waals surface area contributed by atoms with Gasteiger partial charge in [0.25, 0.3) is 0 Å². The Bertz CT molecular complexity index is 226. The number of carbonyl (C=O) groups excluding carboxylic acids is 2. The molecular weight excluding hydrogens is 206 g/mol. The highest BCUT2D eigenvalue weighted by Gasteiger charge is 2.11. The van der Waals surface area contributed by atoms with Crippen molar-refractivity contribution in [2.24, 2.45) is 5.92 Å². The summed E-state index contributed by atoms with van der Waals surface area (Å²) in [6.07, 6.45) is 1.24. The second kappa shape index (κ2) is 8.13. The summed E-state index contributed by atoms with van der Waals surface area (Å²) in [5, 5.41) is 0. The van der Waals surface area contributed by atoms with Gasteiger partial charge in [0, 0.05) is 20.0 Å². The molecule has 94 valence electrons. The molecule has 0 spiro atoms. The van der Waals surface area contributed by atoms with E-state index in [2.05, 4.69) is 13.8 Å². The minimum absolute atomic E-state index is 0.0185. The fraction of sp³-hybridized carbons (Fsp3) is 0.833. The topological polar surface area (TPSA) is 46.6 Å². The van der Waals surface area contributed by atoms with E-state index in [0.29, 0.717) is 25.6 Å². The summed E-state index contributed by atoms with van der Waals surface area (Å²) in [5.74, 6) is 0.340. The predicted molar refractivity (Wildman–Crippen MR) is 63.0 cm³/mol. The van der Waals surface area contributed by atoms with Gasteiger partial charge in [-0.3, -0.25) is 9.59 Å². The fourth-order valence-corrected chi connectivity index (χ4v) is 1.30. The molecule has 0 aliphatic heterocycles. The number of hydrogen-bond acceptors (Lipinski definition) is 3. The van der Waals surface area contributed by atoms with Crippen molar-refractivity contribution >= 4 is 11.9 Å². The number of esters is 1. The third-order valence-corrected chi connectivity index (χ3v) is 2.31. The second-order valence-corrected chi connectivity index (χ2v) is 4.24. The Hall–Kier alpha value is -1.06. The summed E-state index contributed by atoms with van der Waals surface area (Å²) in [5.41, 5.74) is 0. The van der Waals surface area contributed by atoms with Crippen molar-refractivity contribution in [1.82, 2.24) is 4.90 Å². The van der Waals surface area contributed by atoms with Gasteiger partial charge in [-0.1, -0.05) is 13.8 Å². The first kappa shape index (κ1) is 14.9. The Balaban J connectivity index is 3.94. The maximum absolute atomic E-state index is 11.3. The van der Waals surface area contributed by atoms with Gasteiger partial charge in [0.1, 0.15) is 0 Å². The molecule has 0 aliphatic rings. The molecule has 0 heterocycles. The summed E-state index contributed by atoms with van der Waals surface area (Å²) in [6, 6.07) is 0. The summed E-state index contributed by atoms with van der Waals surface area (Å²) in [7, 11) is 0. The van der Waals surface area contributed by atoms with Crippen molar-refractivity contribution in [3.63, 3.8) is 0 Å². The van der Waals surface area contributed by atoms with Gasteiger partial charge < -0.3 is 9.64 Å². The van der Waals surface area contributed by atoms with Gasteiger partial charge in [-0.2, -0.15) is 0 Å². The molecule has 4 nitrogen and oxygen atoms in total. The lowest BCUT2D eigenvalue weighted by Crippen LogP contribution is -2.32. The Morgan fingerprint density at radius 2 is 1.88 bits per heavy atom. The van der Waals surface area contributed by atoms with E-state index in [-0.39, 0.29) is 18.3 Å². The van der Waals surface area contributed by atoms with Crippen LogP contribution in [-0.2, 0) is 14.3 Å². The molecule has 0 aromatic heterocycles. The second-order valence-electron chi connectivity index (χ2n) is 4.24. The first-order chi connectivity index (χ1) is 7.47. The minimum Gasteiger partial charge on any atom is -0.466 e. The van der Waals surface area contributed by atoms with Crippen LogP contribution in [0.3, 0.4) is 0 Å². The van der Waals surface area contributed by atoms with Crippen LogP contribution in [0.2, 0.25) is 0 Å². The number of carbonyl (C=O) groups is 2. The highest BCUT2D eigenvalue weighted by Crippen LogP contribution is 2.03. The molecule has 16 heavy (non-hydrogen) atoms. The van der Waals surface area contributed by atoms with Crippen LogP contribution in [0.4, 0.5) is 0 Å². The third-order valence-electron chi connectivity index (χ3n) is 2.31. The van der Waals surface area contributed by atoms with Crippen molar-refractivity contribution in [3.8, 4) is 0 Å². The van der Waals surface area contributed by atoms with Crippen LogP contribution < -0.4 is 0 Å². The van der Waals surface area contributed by atoms with E-state index < -0.39 is 0 Å². The monoisotopic (exact) mass is 229 g/mol. The van der Waals surface area contributed by atoms with Gasteiger partial charge in [-0.15, -0.1) is 0 Å². The Kier molecular flexibility index (Phi) is 7.60. The molecule has 4 heteroatoms. The van der Waals surface area contributed by atoms with Crippen LogP contribution >= 0.6 is 0 Å². The average molecular weight is 229 g/mol. The lowest BCUT2D eigenvalue weighted by Gasteiger charge is -2.21. The molecule has 0 rings (SSSR count). The zero-order valence-electron chi connectivity index (χ0n) is 10.8. The van der Waals surface area contributed by atoms with Crippen molar-refractivity contribution in [3.05, 3.63) is 0 Å². The molecular formula is C12H23NO3. The van der Waals surface area contributed by atoms with Crippen LogP contribution in [0, 0.1) is 5.92 Å². The maximum Gasteiger partial charge on any atom is 0.307 e. The molecule has 0 fully saturated rings. The molecule has 0 aromatic rings. The molecule has 0 unspecified atom stereocenters. The Morgan fingerprint density at radius 3 is 2.31 bits per heavy atom. The SMILES string of the molecule is CCOC(=O)CCN(CCC(C)C)C(C)=O. The Morgan fingerprint density at radius 1 is 1.25 bits per heavy atom. The van der Waals surface area contributed by atoms with Crippen LogP contribution in [0.1, 0.15) is 40.5 Å². The number of rotatable bonds is 7. The van der Waals surface area contributed by atoms with E-state index in [1.54, 1.807) is 11.8 Å². The van der Waals surface area contributed by atoms with Crippen LogP contribution in [0.15, 0.2) is 0 Å². The van der Waals surface area contributed by atoms with E-state index in [1.807, 2.05) is 0 Å². The quantitative estimate of drug-likeness (QED) is 0.626. The lowest BCUT2D eigenvalue weighted by molar-refractivity contribution is -0.144. The van der Waals surface area contributed by atoms with E-state index in [1.165, 1.54) is 6.92 Å². The molecule has 0 radical (unpaired) electrons. The molecule has 0 aromatic carbocycles. The molecule has 0 atom stereocenters. The van der Waals surface area contributed by atoms with Gasteiger partial charge >= 0.3 is 5.97 Å². The van der Waals surface area contributed by atoms with E-state index in [9.17, 15) is 9.59 Å². The summed E-state index contributed by atoms with van der Waals surface area (Å²) in [4.78, 5) is 24.2. The smallest absolute Gasteiger partial charge is 0.307 e. The number of hydrogen-bond donors (Lipinski definition) is 0. The van der Waals surface area contributed by atoms with Crippen LogP contribution in [0.5, 0.6) is 0 Å². The summed E-state index contributed by atoms with van der Waals surface area (Å²) in [6.45, 7) is 9.11. The highest BCUT2D eigenvalue weighted by atomic mass is 16.5. The maximum atomic E-state index is 11.3. The molecule has 0 saturated carbocycles. The molecule has 0 aliphatic carbocycles. The van der Waals surface area contributed by atoms with E-state index >= 15 is 0 Å². The van der Waals surface area contributed by atoms with Crippen molar-refractivity contribution in [1.29, 1.82) is 0 Å². The van der Waals surface area contributed by atoms with Gasteiger partial charge in [0.2, 0.25) is 5.91 Å². The average Bonchev–Trinajstić information content (AvgIpc) is 2.17. The van der Waals surface area contributed by atoms with Gasteiger partial charge in [0.05, 0.1) is 13.0 Å². The molecule has 0 N–H and O–H groups in total. The standard InChI is InChI=1S/C12H23NO3/c1-5-16-12(15)7-9-13(11(4)14)8-6-10(2)3/h10H,5-9H2,1-4H3. The van der Waals surface area contributed by atoms with Crippen molar-refractivity contribution in [2.45, 2.75) is 40.5 Å². The third kappa shape index (κ3) is 7.26. The summed E-state index contributed by atoms with van der Waals surface area (Å²) >= 11 is 0. The minimum atomic E-state index is -0.238. The molecule has 1 amide bonds. The van der Waals surface area contributed by atoms with Crippen LogP contribution in [-0.4, -0.2) is 36.5 Å². The number of nitrogens with zero attached hydrogens (tertiary/aromatic N) is 1. The Labute approximate surface area is 98.0 Å². The first-order valence-corrected chi connectivity index (χ1v) is 5.88. The number of ether oxygens (including phenoxy) is 1. The van der Waals surface area contributed by atoms with Crippen molar-refractivity contribution < 1.29 is 14.3 Å². The first-order valence-electron chi connectivity index (χ1n) is 5.88. The highest BCUT2D eigenvalue weighted by molar-refractivity contribution is 5.74. The van der Waals surface area contributed by atoms with Gasteiger partial charge in [-0.25, -0.2) is 0 Å². The normalized spacial score (nSPS) is 10.3. The lowest BCUT2D eigenvalue weighted by atomic mass is 10.1. The fourth-order valence-electron chi connectivity index (χ4n) is 1.30. The predicted octanol–water partition coefficient (Wildman–Crippen LogP) is 1.83. The van der Waals surface area contributed by atoms with Crippen LogP contribution in [0.25, 0.3) is 0 Å². The van der Waals surface area contributed by atoms with Gasteiger partial charge in [-0.05, 0) is 19.3 Å². The zero-order chi connectivity index (χ0) is 12.6. The zero-order valence-corrected chi connectivity index (χ0v) is 10.8. The largest absolute Gasteiger partial charge is 0.466 e. The van der Waals surface area contributed by atoms with E-state index in [0.717, 1.165) is 6.42 Å². The van der Waals surface area contributed by atoms with Gasteiger partial charge in [0.15, 0.2) is 0 Å². The molecule has 0 saturated heterocycles.